The highest BCUT2D eigenvalue weighted by Crippen LogP contribution is 2.27. The number of halogens is 1. The van der Waals surface area contributed by atoms with Crippen LogP contribution in [0.3, 0.4) is 0 Å². The normalized spacial score (nSPS) is 13.4. The minimum Gasteiger partial charge on any atom is -0.363 e. The first-order valence-electron chi connectivity index (χ1n) is 6.36. The molecule has 0 fully saturated rings. The van der Waals surface area contributed by atoms with E-state index in [1.54, 1.807) is 18.2 Å². The number of hydrogen-bond donors (Lipinski definition) is 0. The zero-order chi connectivity index (χ0) is 13.2. The van der Waals surface area contributed by atoms with Crippen molar-refractivity contribution in [1.29, 1.82) is 0 Å². The fourth-order valence-corrected chi connectivity index (χ4v) is 2.52. The molecular weight excluding hydrogens is 241 g/mol. The Kier molecular flexibility index (Phi) is 3.03. The standard InChI is InChI=1S/C16H14FNO/c17-14-7-3-2-6-13(14)16(19)11-18-10-9-12-5-1-4-8-15(12)18/h1-8H,9-11H2. The molecular formula is C16H14FNO. The van der Waals surface area contributed by atoms with Crippen LogP contribution in [0.15, 0.2) is 48.5 Å². The quantitative estimate of drug-likeness (QED) is 0.786. The van der Waals surface area contributed by atoms with Crippen LogP contribution in [-0.4, -0.2) is 18.9 Å². The molecule has 96 valence electrons. The van der Waals surface area contributed by atoms with Crippen LogP contribution in [0.25, 0.3) is 0 Å². The van der Waals surface area contributed by atoms with Gasteiger partial charge in [0.25, 0.3) is 0 Å². The summed E-state index contributed by atoms with van der Waals surface area (Å²) in [5, 5.41) is 0. The third-order valence-electron chi connectivity index (χ3n) is 3.49. The number of benzene rings is 2. The third kappa shape index (κ3) is 2.24. The first-order valence-corrected chi connectivity index (χ1v) is 6.36. The molecule has 0 atom stereocenters. The molecule has 2 aromatic carbocycles. The van der Waals surface area contributed by atoms with E-state index in [1.165, 1.54) is 11.6 Å². The van der Waals surface area contributed by atoms with E-state index in [4.69, 9.17) is 0 Å². The van der Waals surface area contributed by atoms with Crippen molar-refractivity contribution in [3.63, 3.8) is 0 Å². The van der Waals surface area contributed by atoms with Crippen LogP contribution < -0.4 is 4.90 Å². The van der Waals surface area contributed by atoms with Gasteiger partial charge < -0.3 is 4.90 Å². The molecule has 1 aliphatic rings. The Hall–Kier alpha value is -2.16. The van der Waals surface area contributed by atoms with Gasteiger partial charge >= 0.3 is 0 Å². The third-order valence-corrected chi connectivity index (χ3v) is 3.49. The molecule has 3 rings (SSSR count). The van der Waals surface area contributed by atoms with E-state index in [1.807, 2.05) is 23.1 Å². The molecule has 0 aliphatic carbocycles. The van der Waals surface area contributed by atoms with Crippen LogP contribution in [0.2, 0.25) is 0 Å². The van der Waals surface area contributed by atoms with Crippen molar-refractivity contribution in [1.82, 2.24) is 0 Å². The van der Waals surface area contributed by atoms with E-state index in [-0.39, 0.29) is 17.9 Å². The van der Waals surface area contributed by atoms with Crippen LogP contribution in [0.1, 0.15) is 15.9 Å². The van der Waals surface area contributed by atoms with E-state index in [2.05, 4.69) is 6.07 Å². The topological polar surface area (TPSA) is 20.3 Å². The van der Waals surface area contributed by atoms with Crippen molar-refractivity contribution in [2.75, 3.05) is 18.0 Å². The van der Waals surface area contributed by atoms with Gasteiger partial charge in [0.05, 0.1) is 12.1 Å². The van der Waals surface area contributed by atoms with Crippen LogP contribution >= 0.6 is 0 Å². The predicted molar refractivity (Wildman–Crippen MR) is 73.1 cm³/mol. The average Bonchev–Trinajstić information content (AvgIpc) is 2.83. The molecule has 0 N–H and O–H groups in total. The van der Waals surface area contributed by atoms with Crippen LogP contribution in [0.5, 0.6) is 0 Å². The Bertz CT molecular complexity index is 624. The molecule has 0 aromatic heterocycles. The van der Waals surface area contributed by atoms with Gasteiger partial charge in [0.2, 0.25) is 0 Å². The van der Waals surface area contributed by atoms with Gasteiger partial charge in [-0.3, -0.25) is 4.79 Å². The molecule has 0 saturated carbocycles. The highest BCUT2D eigenvalue weighted by atomic mass is 19.1. The first kappa shape index (κ1) is 11.9. The molecule has 1 heterocycles. The maximum absolute atomic E-state index is 13.6. The minimum absolute atomic E-state index is 0.171. The Morgan fingerprint density at radius 1 is 1.11 bits per heavy atom. The lowest BCUT2D eigenvalue weighted by Gasteiger charge is -2.18. The van der Waals surface area contributed by atoms with E-state index >= 15 is 0 Å². The molecule has 0 radical (unpaired) electrons. The average molecular weight is 255 g/mol. The zero-order valence-corrected chi connectivity index (χ0v) is 10.5. The number of ketones is 1. The molecule has 2 aromatic rings. The number of anilines is 1. The molecule has 1 aliphatic heterocycles. The van der Waals surface area contributed by atoms with Crippen molar-refractivity contribution < 1.29 is 9.18 Å². The highest BCUT2D eigenvalue weighted by Gasteiger charge is 2.22. The van der Waals surface area contributed by atoms with Gasteiger partial charge in [-0.1, -0.05) is 30.3 Å². The van der Waals surface area contributed by atoms with Crippen molar-refractivity contribution in [3.8, 4) is 0 Å². The van der Waals surface area contributed by atoms with Gasteiger partial charge in [-0.05, 0) is 30.2 Å². The fraction of sp³-hybridized carbons (Fsp3) is 0.188. The highest BCUT2D eigenvalue weighted by molar-refractivity contribution is 5.99. The Morgan fingerprint density at radius 2 is 1.84 bits per heavy atom. The second-order valence-corrected chi connectivity index (χ2v) is 4.70. The fourth-order valence-electron chi connectivity index (χ4n) is 2.52. The minimum atomic E-state index is -0.444. The number of carbonyl (C=O) groups excluding carboxylic acids is 1. The number of hydrogen-bond acceptors (Lipinski definition) is 2. The summed E-state index contributed by atoms with van der Waals surface area (Å²) in [6.07, 6.45) is 0.945. The van der Waals surface area contributed by atoms with Crippen molar-refractivity contribution in [2.24, 2.45) is 0 Å². The van der Waals surface area contributed by atoms with Gasteiger partial charge in [0.1, 0.15) is 5.82 Å². The molecule has 0 spiro atoms. The molecule has 0 unspecified atom stereocenters. The van der Waals surface area contributed by atoms with E-state index in [9.17, 15) is 9.18 Å². The van der Waals surface area contributed by atoms with Gasteiger partial charge in [-0.15, -0.1) is 0 Å². The Labute approximate surface area is 111 Å². The van der Waals surface area contributed by atoms with Crippen molar-refractivity contribution in [3.05, 3.63) is 65.5 Å². The summed E-state index contributed by atoms with van der Waals surface area (Å²) in [4.78, 5) is 14.2. The number of fused-ring (bicyclic) bond motifs is 1. The molecule has 2 nitrogen and oxygen atoms in total. The van der Waals surface area contributed by atoms with Crippen LogP contribution in [0.4, 0.5) is 10.1 Å². The summed E-state index contributed by atoms with van der Waals surface area (Å²) in [6.45, 7) is 1.05. The summed E-state index contributed by atoms with van der Waals surface area (Å²) in [5.41, 5.74) is 2.52. The summed E-state index contributed by atoms with van der Waals surface area (Å²) in [6, 6.07) is 14.2. The predicted octanol–water partition coefficient (Wildman–Crippen LogP) is 3.07. The SMILES string of the molecule is O=C(CN1CCc2ccccc21)c1ccccc1F. The van der Waals surface area contributed by atoms with E-state index in [0.29, 0.717) is 0 Å². The summed E-state index contributed by atoms with van der Waals surface area (Å²) < 4.78 is 13.6. The van der Waals surface area contributed by atoms with Crippen LogP contribution in [0, 0.1) is 5.82 Å². The smallest absolute Gasteiger partial charge is 0.185 e. The van der Waals surface area contributed by atoms with Gasteiger partial charge in [-0.25, -0.2) is 4.39 Å². The molecule has 19 heavy (non-hydrogen) atoms. The molecule has 3 heteroatoms. The molecule has 0 saturated heterocycles. The number of rotatable bonds is 3. The number of carbonyl (C=O) groups is 1. The largest absolute Gasteiger partial charge is 0.363 e. The van der Waals surface area contributed by atoms with E-state index < -0.39 is 5.82 Å². The summed E-state index contributed by atoms with van der Waals surface area (Å²) >= 11 is 0. The Balaban J connectivity index is 1.81. The maximum Gasteiger partial charge on any atom is 0.185 e. The van der Waals surface area contributed by atoms with E-state index in [0.717, 1.165) is 18.7 Å². The second kappa shape index (κ2) is 4.84. The number of nitrogens with zero attached hydrogens (tertiary/aromatic N) is 1. The monoisotopic (exact) mass is 255 g/mol. The van der Waals surface area contributed by atoms with Gasteiger partial charge in [0.15, 0.2) is 5.78 Å². The van der Waals surface area contributed by atoms with Crippen molar-refractivity contribution >= 4 is 11.5 Å². The zero-order valence-electron chi connectivity index (χ0n) is 10.5. The summed E-state index contributed by atoms with van der Waals surface area (Å²) in [7, 11) is 0. The lowest BCUT2D eigenvalue weighted by molar-refractivity contribution is 0.0995. The number of para-hydroxylation sites is 1. The van der Waals surface area contributed by atoms with Gasteiger partial charge in [-0.2, -0.15) is 0 Å². The second-order valence-electron chi connectivity index (χ2n) is 4.70. The number of Topliss-reactive ketones (excluding diaryl/α,β-unsaturated/α-hetero) is 1. The molecule has 0 amide bonds. The maximum atomic E-state index is 13.6. The van der Waals surface area contributed by atoms with Crippen molar-refractivity contribution in [2.45, 2.75) is 6.42 Å². The summed E-state index contributed by atoms with van der Waals surface area (Å²) in [5.74, 6) is -0.616. The first-order chi connectivity index (χ1) is 9.25. The lowest BCUT2D eigenvalue weighted by atomic mass is 10.1. The van der Waals surface area contributed by atoms with Gasteiger partial charge in [0, 0.05) is 12.2 Å². The lowest BCUT2D eigenvalue weighted by Crippen LogP contribution is -2.28. The Morgan fingerprint density at radius 3 is 2.68 bits per heavy atom. The van der Waals surface area contributed by atoms with Crippen LogP contribution in [-0.2, 0) is 6.42 Å². The molecule has 0 bridgehead atoms.